The van der Waals surface area contributed by atoms with E-state index in [9.17, 15) is 22.8 Å². The summed E-state index contributed by atoms with van der Waals surface area (Å²) in [6, 6.07) is 12.0. The van der Waals surface area contributed by atoms with Crippen LogP contribution >= 0.6 is 0 Å². The topological polar surface area (TPSA) is 81.4 Å². The Morgan fingerprint density at radius 2 is 1.85 bits per heavy atom. The zero-order valence-corrected chi connectivity index (χ0v) is 23.8. The molecular formula is C30H34F3N5O3. The van der Waals surface area contributed by atoms with Crippen molar-refractivity contribution in [3.8, 4) is 11.5 Å². The second-order valence-corrected chi connectivity index (χ2v) is 11.5. The van der Waals surface area contributed by atoms with Crippen molar-refractivity contribution in [1.82, 2.24) is 24.3 Å². The summed E-state index contributed by atoms with van der Waals surface area (Å²) >= 11 is 0. The van der Waals surface area contributed by atoms with Crippen molar-refractivity contribution in [1.29, 1.82) is 0 Å². The SMILES string of the molecule is CCn1c(-c2nc3cc(C(=O)N4CCC[C@@H](OC(=O)NC(C)(C)C)C4)cc(C(F)(F)F)c3n2C)cc2ccccc21. The highest BCUT2D eigenvalue weighted by Gasteiger charge is 2.37. The summed E-state index contributed by atoms with van der Waals surface area (Å²) in [7, 11) is 1.56. The number of para-hydroxylation sites is 1. The van der Waals surface area contributed by atoms with Gasteiger partial charge in [0.25, 0.3) is 5.91 Å². The second-order valence-electron chi connectivity index (χ2n) is 11.5. The third-order valence-corrected chi connectivity index (χ3v) is 7.29. The van der Waals surface area contributed by atoms with Crippen molar-refractivity contribution in [3.05, 3.63) is 53.6 Å². The van der Waals surface area contributed by atoms with Crippen molar-refractivity contribution in [2.75, 3.05) is 13.1 Å². The molecule has 0 bridgehead atoms. The highest BCUT2D eigenvalue weighted by Crippen LogP contribution is 2.38. The Bertz CT molecular complexity index is 1630. The standard InChI is InChI=1S/C30H34F3N5O3/c1-6-38-23-12-8-7-10-18(23)16-24(38)26-34-22-15-19(14-21(30(31,32)33)25(22)36(26)5)27(39)37-13-9-11-20(17-37)41-28(40)35-29(2,3)4/h7-8,10,12,14-16,20H,6,9,11,13,17H2,1-5H3,(H,35,40)/t20-/m1/s1. The third-order valence-electron chi connectivity index (χ3n) is 7.29. The molecule has 0 radical (unpaired) electrons. The number of hydrogen-bond acceptors (Lipinski definition) is 4. The molecule has 0 spiro atoms. The monoisotopic (exact) mass is 569 g/mol. The molecule has 2 aromatic heterocycles. The van der Waals surface area contributed by atoms with Gasteiger partial charge in [0.05, 0.1) is 28.8 Å². The van der Waals surface area contributed by atoms with Crippen LogP contribution in [0.15, 0.2) is 42.5 Å². The molecule has 1 atom stereocenters. The van der Waals surface area contributed by atoms with Crippen LogP contribution in [0.2, 0.25) is 0 Å². The van der Waals surface area contributed by atoms with Gasteiger partial charge in [-0.05, 0) is 64.8 Å². The van der Waals surface area contributed by atoms with Gasteiger partial charge in [-0.2, -0.15) is 13.2 Å². The number of aromatic nitrogens is 3. The summed E-state index contributed by atoms with van der Waals surface area (Å²) in [5, 5.41) is 3.68. The number of carbonyl (C=O) groups is 2. The first-order valence-corrected chi connectivity index (χ1v) is 13.7. The highest BCUT2D eigenvalue weighted by atomic mass is 19.4. The molecule has 3 heterocycles. The van der Waals surface area contributed by atoms with E-state index in [4.69, 9.17) is 4.74 Å². The van der Waals surface area contributed by atoms with Gasteiger partial charge in [-0.1, -0.05) is 18.2 Å². The van der Waals surface area contributed by atoms with Gasteiger partial charge in [-0.25, -0.2) is 9.78 Å². The van der Waals surface area contributed by atoms with Gasteiger partial charge in [-0.15, -0.1) is 0 Å². The van der Waals surface area contributed by atoms with E-state index >= 15 is 0 Å². The van der Waals surface area contributed by atoms with Crippen LogP contribution < -0.4 is 5.32 Å². The molecule has 0 aliphatic carbocycles. The predicted octanol–water partition coefficient (Wildman–Crippen LogP) is 6.36. The minimum Gasteiger partial charge on any atom is -0.444 e. The molecule has 1 aliphatic heterocycles. The predicted molar refractivity (Wildman–Crippen MR) is 151 cm³/mol. The minimum absolute atomic E-state index is 0.0861. The maximum Gasteiger partial charge on any atom is 0.418 e. The number of rotatable bonds is 4. The number of piperidine rings is 1. The molecule has 1 N–H and O–H groups in total. The van der Waals surface area contributed by atoms with Gasteiger partial charge in [-0.3, -0.25) is 4.79 Å². The lowest BCUT2D eigenvalue weighted by atomic mass is 10.0. The zero-order chi connectivity index (χ0) is 29.7. The molecule has 5 rings (SSSR count). The summed E-state index contributed by atoms with van der Waals surface area (Å²) in [5.41, 5.74) is 0.134. The lowest BCUT2D eigenvalue weighted by Gasteiger charge is -2.33. The smallest absolute Gasteiger partial charge is 0.418 e. The maximum atomic E-state index is 14.4. The molecule has 0 saturated carbocycles. The molecule has 8 nitrogen and oxygen atoms in total. The van der Waals surface area contributed by atoms with E-state index < -0.39 is 35.4 Å². The number of fused-ring (bicyclic) bond motifs is 2. The van der Waals surface area contributed by atoms with E-state index in [0.29, 0.717) is 37.4 Å². The number of nitrogens with zero attached hydrogens (tertiary/aromatic N) is 4. The molecule has 41 heavy (non-hydrogen) atoms. The average Bonchev–Trinajstić information content (AvgIpc) is 3.43. The molecule has 2 amide bonds. The fraction of sp³-hybridized carbons (Fsp3) is 0.433. The number of likely N-dealkylation sites (tertiary alicyclic amines) is 1. The van der Waals surface area contributed by atoms with Crippen LogP contribution in [0.1, 0.15) is 56.5 Å². The van der Waals surface area contributed by atoms with E-state index in [1.165, 1.54) is 15.5 Å². The Hall–Kier alpha value is -4.02. The van der Waals surface area contributed by atoms with Gasteiger partial charge in [0, 0.05) is 42.1 Å². The molecule has 1 saturated heterocycles. The average molecular weight is 570 g/mol. The Morgan fingerprint density at radius 1 is 1.12 bits per heavy atom. The van der Waals surface area contributed by atoms with Gasteiger partial charge < -0.3 is 24.1 Å². The van der Waals surface area contributed by atoms with E-state index in [1.54, 1.807) is 7.05 Å². The fourth-order valence-corrected chi connectivity index (χ4v) is 5.55. The van der Waals surface area contributed by atoms with Crippen molar-refractivity contribution in [2.45, 2.75) is 64.9 Å². The number of alkyl halides is 3. The van der Waals surface area contributed by atoms with E-state index in [0.717, 1.165) is 17.0 Å². The molecule has 1 aliphatic rings. The first-order valence-electron chi connectivity index (χ1n) is 13.7. The normalized spacial score (nSPS) is 16.4. The first kappa shape index (κ1) is 28.5. The van der Waals surface area contributed by atoms with Crippen LogP contribution in [0.25, 0.3) is 33.5 Å². The summed E-state index contributed by atoms with van der Waals surface area (Å²) < 4.78 is 52.2. The van der Waals surface area contributed by atoms with Gasteiger partial charge >= 0.3 is 12.3 Å². The number of aryl methyl sites for hydroxylation is 2. The number of amides is 2. The van der Waals surface area contributed by atoms with Crippen molar-refractivity contribution in [2.24, 2.45) is 7.05 Å². The van der Waals surface area contributed by atoms with E-state index in [2.05, 4.69) is 10.3 Å². The largest absolute Gasteiger partial charge is 0.444 e. The number of ether oxygens (including phenoxy) is 1. The quantitative estimate of drug-likeness (QED) is 0.310. The van der Waals surface area contributed by atoms with Gasteiger partial charge in [0.1, 0.15) is 6.10 Å². The molecule has 4 aromatic rings. The number of imidazole rings is 1. The Balaban J connectivity index is 1.52. The maximum absolute atomic E-state index is 14.4. The van der Waals surface area contributed by atoms with Crippen molar-refractivity contribution in [3.63, 3.8) is 0 Å². The van der Waals surface area contributed by atoms with Crippen LogP contribution in [-0.4, -0.2) is 55.8 Å². The Labute approximate surface area is 236 Å². The first-order chi connectivity index (χ1) is 19.3. The highest BCUT2D eigenvalue weighted by molar-refractivity contribution is 5.99. The number of carbonyl (C=O) groups excluding carboxylic acids is 2. The van der Waals surface area contributed by atoms with E-state index in [1.807, 2.05) is 62.6 Å². The van der Waals surface area contributed by atoms with Crippen molar-refractivity contribution >= 4 is 33.9 Å². The number of benzene rings is 2. The second kappa shape index (κ2) is 10.4. The van der Waals surface area contributed by atoms with Crippen LogP contribution in [-0.2, 0) is 24.5 Å². The zero-order valence-electron chi connectivity index (χ0n) is 23.8. The fourth-order valence-electron chi connectivity index (χ4n) is 5.55. The summed E-state index contributed by atoms with van der Waals surface area (Å²) in [4.78, 5) is 31.9. The summed E-state index contributed by atoms with van der Waals surface area (Å²) in [5.74, 6) is -0.179. The number of nitrogens with one attached hydrogen (secondary N) is 1. The Kier molecular flexibility index (Phi) is 7.25. The summed E-state index contributed by atoms with van der Waals surface area (Å²) in [6.07, 6.45) is -4.75. The molecule has 1 fully saturated rings. The number of alkyl carbamates (subject to hydrolysis) is 1. The van der Waals surface area contributed by atoms with Crippen LogP contribution in [0.5, 0.6) is 0 Å². The minimum atomic E-state index is -4.71. The Morgan fingerprint density at radius 3 is 2.54 bits per heavy atom. The lowest BCUT2D eigenvalue weighted by Crippen LogP contribution is -2.47. The van der Waals surface area contributed by atoms with Gasteiger partial charge in [0.2, 0.25) is 0 Å². The van der Waals surface area contributed by atoms with Gasteiger partial charge in [0.15, 0.2) is 5.82 Å². The van der Waals surface area contributed by atoms with Crippen molar-refractivity contribution < 1.29 is 27.5 Å². The van der Waals surface area contributed by atoms with Crippen LogP contribution in [0.4, 0.5) is 18.0 Å². The number of hydrogen-bond donors (Lipinski definition) is 1. The summed E-state index contributed by atoms with van der Waals surface area (Å²) in [6.45, 7) is 8.49. The van der Waals surface area contributed by atoms with Crippen LogP contribution in [0.3, 0.4) is 0 Å². The molecule has 2 aromatic carbocycles. The third kappa shape index (κ3) is 5.62. The molecule has 0 unspecified atom stereocenters. The number of halogens is 3. The van der Waals surface area contributed by atoms with E-state index in [-0.39, 0.29) is 23.1 Å². The molecule has 218 valence electrons. The lowest BCUT2D eigenvalue weighted by molar-refractivity contribution is -0.136. The molecular weight excluding hydrogens is 535 g/mol. The van der Waals surface area contributed by atoms with Crippen LogP contribution in [0, 0.1) is 0 Å². The molecule has 11 heteroatoms.